The van der Waals surface area contributed by atoms with Gasteiger partial charge in [0, 0.05) is 32.5 Å². The number of benzene rings is 1. The molecule has 1 fully saturated rings. The second-order valence-corrected chi connectivity index (χ2v) is 6.28. The van der Waals surface area contributed by atoms with E-state index >= 15 is 0 Å². The first kappa shape index (κ1) is 15.6. The molecule has 0 bridgehead atoms. The number of piperidine rings is 1. The summed E-state index contributed by atoms with van der Waals surface area (Å²) < 4.78 is 6.28. The van der Waals surface area contributed by atoms with E-state index < -0.39 is 11.7 Å². The Kier molecular flexibility index (Phi) is 4.15. The molecule has 1 aromatic rings. The molecule has 23 heavy (non-hydrogen) atoms. The van der Waals surface area contributed by atoms with E-state index in [0.717, 1.165) is 6.42 Å². The zero-order chi connectivity index (χ0) is 16.4. The largest absolute Gasteiger partial charge is 0.484 e. The first-order valence-electron chi connectivity index (χ1n) is 8.10. The van der Waals surface area contributed by atoms with E-state index in [9.17, 15) is 9.59 Å². The SMILES string of the molecule is CCCN1CC2(CCN(C(=O)O)CC2)Oc2ccccc2C1=O. The molecule has 0 atom stereocenters. The van der Waals surface area contributed by atoms with Gasteiger partial charge in [-0.25, -0.2) is 4.79 Å². The first-order valence-corrected chi connectivity index (χ1v) is 8.10. The maximum absolute atomic E-state index is 12.8. The van der Waals surface area contributed by atoms with Crippen molar-refractivity contribution >= 4 is 12.0 Å². The molecule has 0 aromatic heterocycles. The Hall–Kier alpha value is -2.24. The van der Waals surface area contributed by atoms with Gasteiger partial charge < -0.3 is 19.6 Å². The maximum atomic E-state index is 12.8. The predicted molar refractivity (Wildman–Crippen MR) is 84.8 cm³/mol. The average molecular weight is 318 g/mol. The number of para-hydroxylation sites is 1. The molecule has 0 radical (unpaired) electrons. The van der Waals surface area contributed by atoms with Crippen molar-refractivity contribution in [3.63, 3.8) is 0 Å². The Balaban J connectivity index is 1.90. The number of carbonyl (C=O) groups is 2. The zero-order valence-electron chi connectivity index (χ0n) is 13.3. The molecule has 2 amide bonds. The highest BCUT2D eigenvalue weighted by Gasteiger charge is 2.43. The van der Waals surface area contributed by atoms with E-state index in [-0.39, 0.29) is 5.91 Å². The van der Waals surface area contributed by atoms with Crippen molar-refractivity contribution in [2.24, 2.45) is 0 Å². The number of carboxylic acid groups (broad SMARTS) is 1. The third kappa shape index (κ3) is 2.98. The molecular formula is C17H22N2O4. The lowest BCUT2D eigenvalue weighted by atomic mass is 9.90. The molecule has 1 N–H and O–H groups in total. The maximum Gasteiger partial charge on any atom is 0.407 e. The third-order valence-corrected chi connectivity index (χ3v) is 4.65. The lowest BCUT2D eigenvalue weighted by molar-refractivity contribution is -0.0115. The molecular weight excluding hydrogens is 296 g/mol. The van der Waals surface area contributed by atoms with Gasteiger partial charge in [-0.15, -0.1) is 0 Å². The van der Waals surface area contributed by atoms with Crippen LogP contribution in [0.4, 0.5) is 4.79 Å². The van der Waals surface area contributed by atoms with Crippen molar-refractivity contribution in [1.82, 2.24) is 9.80 Å². The highest BCUT2D eigenvalue weighted by atomic mass is 16.5. The fraction of sp³-hybridized carbons (Fsp3) is 0.529. The van der Waals surface area contributed by atoms with Crippen LogP contribution in [0.15, 0.2) is 24.3 Å². The van der Waals surface area contributed by atoms with Crippen LogP contribution in [-0.4, -0.2) is 58.7 Å². The van der Waals surface area contributed by atoms with Crippen LogP contribution in [0, 0.1) is 0 Å². The molecule has 6 nitrogen and oxygen atoms in total. The Morgan fingerprint density at radius 2 is 2.00 bits per heavy atom. The van der Waals surface area contributed by atoms with Gasteiger partial charge in [0.1, 0.15) is 11.4 Å². The quantitative estimate of drug-likeness (QED) is 0.909. The number of likely N-dealkylation sites (tertiary alicyclic amines) is 1. The van der Waals surface area contributed by atoms with Crippen LogP contribution in [-0.2, 0) is 0 Å². The highest BCUT2D eigenvalue weighted by Crippen LogP contribution is 2.35. The van der Waals surface area contributed by atoms with Gasteiger partial charge in [0.15, 0.2) is 0 Å². The summed E-state index contributed by atoms with van der Waals surface area (Å²) in [7, 11) is 0. The molecule has 3 rings (SSSR count). The number of carbonyl (C=O) groups excluding carboxylic acids is 1. The Labute approximate surface area is 135 Å². The minimum Gasteiger partial charge on any atom is -0.484 e. The van der Waals surface area contributed by atoms with Gasteiger partial charge in [-0.1, -0.05) is 19.1 Å². The van der Waals surface area contributed by atoms with Gasteiger partial charge in [0.2, 0.25) is 0 Å². The van der Waals surface area contributed by atoms with Gasteiger partial charge in [-0.05, 0) is 18.6 Å². The Morgan fingerprint density at radius 3 is 2.65 bits per heavy atom. The van der Waals surface area contributed by atoms with Crippen LogP contribution in [0.5, 0.6) is 5.75 Å². The van der Waals surface area contributed by atoms with Crippen molar-refractivity contribution < 1.29 is 19.4 Å². The molecule has 0 aliphatic carbocycles. The minimum absolute atomic E-state index is 0.0000100. The normalized spacial score (nSPS) is 20.0. The van der Waals surface area contributed by atoms with Crippen LogP contribution in [0.25, 0.3) is 0 Å². The number of rotatable bonds is 2. The summed E-state index contributed by atoms with van der Waals surface area (Å²) in [5.74, 6) is 0.611. The third-order valence-electron chi connectivity index (χ3n) is 4.65. The molecule has 0 saturated carbocycles. The lowest BCUT2D eigenvalue weighted by Crippen LogP contribution is -2.55. The van der Waals surface area contributed by atoms with Crippen LogP contribution in [0.2, 0.25) is 0 Å². The molecule has 1 saturated heterocycles. The molecule has 1 spiro atoms. The van der Waals surface area contributed by atoms with Crippen molar-refractivity contribution in [3.8, 4) is 5.75 Å². The Bertz CT molecular complexity index is 608. The van der Waals surface area contributed by atoms with Crippen molar-refractivity contribution in [3.05, 3.63) is 29.8 Å². The van der Waals surface area contributed by atoms with Crippen LogP contribution in [0.1, 0.15) is 36.5 Å². The summed E-state index contributed by atoms with van der Waals surface area (Å²) >= 11 is 0. The fourth-order valence-electron chi connectivity index (χ4n) is 3.40. The van der Waals surface area contributed by atoms with Gasteiger partial charge >= 0.3 is 6.09 Å². The summed E-state index contributed by atoms with van der Waals surface area (Å²) in [6.45, 7) is 4.12. The van der Waals surface area contributed by atoms with Crippen molar-refractivity contribution in [1.29, 1.82) is 0 Å². The number of nitrogens with zero attached hydrogens (tertiary/aromatic N) is 2. The summed E-state index contributed by atoms with van der Waals surface area (Å²) in [5.41, 5.74) is 0.0992. The number of amides is 2. The average Bonchev–Trinajstić information content (AvgIpc) is 2.65. The summed E-state index contributed by atoms with van der Waals surface area (Å²) in [5, 5.41) is 9.14. The van der Waals surface area contributed by atoms with E-state index in [1.807, 2.05) is 30.0 Å². The molecule has 124 valence electrons. The fourth-order valence-corrected chi connectivity index (χ4v) is 3.40. The highest BCUT2D eigenvalue weighted by molar-refractivity contribution is 5.97. The zero-order valence-corrected chi connectivity index (χ0v) is 13.3. The number of fused-ring (bicyclic) bond motifs is 1. The smallest absolute Gasteiger partial charge is 0.407 e. The molecule has 2 aliphatic rings. The van der Waals surface area contributed by atoms with Crippen molar-refractivity contribution in [2.45, 2.75) is 31.8 Å². The van der Waals surface area contributed by atoms with E-state index in [2.05, 4.69) is 0 Å². The molecule has 2 aliphatic heterocycles. The van der Waals surface area contributed by atoms with Crippen LogP contribution < -0.4 is 4.74 Å². The van der Waals surface area contributed by atoms with E-state index in [4.69, 9.17) is 9.84 Å². The van der Waals surface area contributed by atoms with Crippen molar-refractivity contribution in [2.75, 3.05) is 26.2 Å². The standard InChI is InChI=1S/C17H22N2O4/c1-2-9-19-12-17(7-10-18(11-8-17)16(21)22)23-14-6-4-3-5-13(14)15(19)20/h3-6H,2,7-12H2,1H3,(H,21,22). The monoisotopic (exact) mass is 318 g/mol. The van der Waals surface area contributed by atoms with Crippen LogP contribution >= 0.6 is 0 Å². The van der Waals surface area contributed by atoms with E-state index in [0.29, 0.717) is 50.3 Å². The van der Waals surface area contributed by atoms with E-state index in [1.54, 1.807) is 6.07 Å². The number of hydrogen-bond donors (Lipinski definition) is 1. The summed E-state index contributed by atoms with van der Waals surface area (Å²) in [6.07, 6.45) is 1.18. The van der Waals surface area contributed by atoms with Gasteiger partial charge in [0.05, 0.1) is 12.1 Å². The molecule has 1 aromatic carbocycles. The van der Waals surface area contributed by atoms with Gasteiger partial charge in [-0.3, -0.25) is 4.79 Å². The minimum atomic E-state index is -0.893. The van der Waals surface area contributed by atoms with Crippen LogP contribution in [0.3, 0.4) is 0 Å². The van der Waals surface area contributed by atoms with Gasteiger partial charge in [-0.2, -0.15) is 0 Å². The lowest BCUT2D eigenvalue weighted by Gasteiger charge is -2.41. The second kappa shape index (κ2) is 6.10. The number of hydrogen-bond acceptors (Lipinski definition) is 3. The molecule has 0 unspecified atom stereocenters. The summed E-state index contributed by atoms with van der Waals surface area (Å²) in [4.78, 5) is 27.2. The summed E-state index contributed by atoms with van der Waals surface area (Å²) in [6, 6.07) is 7.33. The number of ether oxygens (including phenoxy) is 1. The first-order chi connectivity index (χ1) is 11.0. The second-order valence-electron chi connectivity index (χ2n) is 6.28. The molecule has 6 heteroatoms. The molecule has 2 heterocycles. The predicted octanol–water partition coefficient (Wildman–Crippen LogP) is 2.44. The Morgan fingerprint density at radius 1 is 1.30 bits per heavy atom. The topological polar surface area (TPSA) is 70.1 Å². The van der Waals surface area contributed by atoms with E-state index in [1.165, 1.54) is 4.90 Å². The van der Waals surface area contributed by atoms with Gasteiger partial charge in [0.25, 0.3) is 5.91 Å².